The molecule has 0 atom stereocenters. The number of ether oxygens (including phenoxy) is 1. The molecule has 1 aromatic rings. The molecule has 0 bridgehead atoms. The van der Waals surface area contributed by atoms with Crippen LogP contribution >= 0.6 is 0 Å². The maximum Gasteiger partial charge on any atom is 0.417 e. The highest BCUT2D eigenvalue weighted by Crippen LogP contribution is 2.32. The van der Waals surface area contributed by atoms with Crippen LogP contribution in [0.25, 0.3) is 0 Å². The first kappa shape index (κ1) is 18.7. The zero-order valence-corrected chi connectivity index (χ0v) is 12.7. The molecule has 1 aromatic heterocycles. The number of anilines is 2. The molecule has 1 rings (SSSR count). The lowest BCUT2D eigenvalue weighted by Crippen LogP contribution is -2.22. The van der Waals surface area contributed by atoms with Gasteiger partial charge in [0.2, 0.25) is 10.0 Å². The third kappa shape index (κ3) is 6.50. The quantitative estimate of drug-likeness (QED) is 0.761. The fraction of sp³-hybridized carbons (Fsp3) is 0.364. The molecular formula is C11H12F3N3O5S. The molecular weight excluding hydrogens is 343 g/mol. The summed E-state index contributed by atoms with van der Waals surface area (Å²) in [7, 11) is -3.84. The van der Waals surface area contributed by atoms with Gasteiger partial charge in [-0.3, -0.25) is 14.3 Å². The summed E-state index contributed by atoms with van der Waals surface area (Å²) in [5.74, 6) is -2.23. The van der Waals surface area contributed by atoms with Gasteiger partial charge in [0.25, 0.3) is 5.91 Å². The number of esters is 1. The Kier molecular flexibility index (Phi) is 5.53. The van der Waals surface area contributed by atoms with Gasteiger partial charge in [-0.1, -0.05) is 0 Å². The Balaban J connectivity index is 3.12. The topological polar surface area (TPSA) is 114 Å². The van der Waals surface area contributed by atoms with Crippen molar-refractivity contribution in [3.63, 3.8) is 0 Å². The van der Waals surface area contributed by atoms with Crippen molar-refractivity contribution < 1.29 is 35.9 Å². The van der Waals surface area contributed by atoms with Gasteiger partial charge in [-0.2, -0.15) is 13.2 Å². The highest BCUT2D eigenvalue weighted by molar-refractivity contribution is 7.92. The van der Waals surface area contributed by atoms with E-state index in [9.17, 15) is 31.2 Å². The fourth-order valence-corrected chi connectivity index (χ4v) is 1.84. The van der Waals surface area contributed by atoms with Crippen LogP contribution < -0.4 is 10.0 Å². The van der Waals surface area contributed by atoms with Gasteiger partial charge in [0.05, 0.1) is 17.5 Å². The Morgan fingerprint density at radius 2 is 1.96 bits per heavy atom. The van der Waals surface area contributed by atoms with E-state index in [4.69, 9.17) is 0 Å². The van der Waals surface area contributed by atoms with Gasteiger partial charge in [0, 0.05) is 13.1 Å². The van der Waals surface area contributed by atoms with E-state index in [1.807, 2.05) is 10.0 Å². The number of hydrogen-bond acceptors (Lipinski definition) is 6. The number of carbonyl (C=O) groups excluding carboxylic acids is 2. The first-order valence-corrected chi connectivity index (χ1v) is 7.76. The number of nitrogens with one attached hydrogen (secondary N) is 2. The molecule has 0 radical (unpaired) electrons. The van der Waals surface area contributed by atoms with E-state index in [0.29, 0.717) is 12.3 Å². The standard InChI is InChI=1S/C11H12F3N3O5S/c1-6(18)22-5-9(19)16-8-3-7(11(12,13)14)4-15-10(8)17-23(2,20)21/h3-4H,5H2,1-2H3,(H,15,17)(H,16,19). The molecule has 0 aliphatic heterocycles. The lowest BCUT2D eigenvalue weighted by Gasteiger charge is -2.14. The zero-order chi connectivity index (χ0) is 17.8. The molecule has 0 unspecified atom stereocenters. The molecule has 23 heavy (non-hydrogen) atoms. The third-order valence-corrected chi connectivity index (χ3v) is 2.74. The van der Waals surface area contributed by atoms with Crippen LogP contribution in [-0.4, -0.2) is 38.1 Å². The van der Waals surface area contributed by atoms with E-state index in [1.165, 1.54) is 0 Å². The Morgan fingerprint density at radius 3 is 2.43 bits per heavy atom. The van der Waals surface area contributed by atoms with Gasteiger partial charge in [-0.15, -0.1) is 0 Å². The second kappa shape index (κ2) is 6.81. The fourth-order valence-electron chi connectivity index (χ4n) is 1.33. The average Bonchev–Trinajstić information content (AvgIpc) is 2.35. The highest BCUT2D eigenvalue weighted by Gasteiger charge is 2.32. The van der Waals surface area contributed by atoms with Gasteiger partial charge in [0.15, 0.2) is 12.4 Å². The summed E-state index contributed by atoms with van der Waals surface area (Å²) in [4.78, 5) is 25.5. The Labute approximate surface area is 129 Å². The summed E-state index contributed by atoms with van der Waals surface area (Å²) in [5, 5.41) is 2.00. The molecule has 0 aliphatic rings. The van der Waals surface area contributed by atoms with Crippen LogP contribution in [0, 0.1) is 0 Å². The van der Waals surface area contributed by atoms with Crippen LogP contribution in [-0.2, 0) is 30.5 Å². The van der Waals surface area contributed by atoms with Crippen LogP contribution in [0.3, 0.4) is 0 Å². The minimum atomic E-state index is -4.74. The molecule has 0 aliphatic carbocycles. The molecule has 8 nitrogen and oxygen atoms in total. The molecule has 1 amide bonds. The van der Waals surface area contributed by atoms with Crippen molar-refractivity contribution in [3.8, 4) is 0 Å². The predicted octanol–water partition coefficient (Wildman–Crippen LogP) is 0.974. The number of alkyl halides is 3. The van der Waals surface area contributed by atoms with Gasteiger partial charge in [0.1, 0.15) is 0 Å². The number of aromatic nitrogens is 1. The summed E-state index contributed by atoms with van der Waals surface area (Å²) in [6.45, 7) is 0.291. The minimum absolute atomic E-state index is 0.412. The van der Waals surface area contributed by atoms with E-state index in [0.717, 1.165) is 13.2 Å². The summed E-state index contributed by atoms with van der Waals surface area (Å²) in [5.41, 5.74) is -1.72. The maximum absolute atomic E-state index is 12.7. The number of halogens is 3. The molecule has 0 spiro atoms. The molecule has 0 saturated carbocycles. The first-order valence-electron chi connectivity index (χ1n) is 5.87. The van der Waals surface area contributed by atoms with E-state index in [-0.39, 0.29) is 0 Å². The van der Waals surface area contributed by atoms with Crippen molar-refractivity contribution in [2.24, 2.45) is 0 Å². The van der Waals surface area contributed by atoms with Crippen LogP contribution in [0.4, 0.5) is 24.7 Å². The van der Waals surface area contributed by atoms with Gasteiger partial charge in [-0.05, 0) is 6.07 Å². The predicted molar refractivity (Wildman–Crippen MR) is 73.0 cm³/mol. The molecule has 0 fully saturated rings. The van der Waals surface area contributed by atoms with Crippen molar-refractivity contribution in [3.05, 3.63) is 17.8 Å². The van der Waals surface area contributed by atoms with E-state index in [2.05, 4.69) is 9.72 Å². The monoisotopic (exact) mass is 355 g/mol. The van der Waals surface area contributed by atoms with E-state index in [1.54, 1.807) is 0 Å². The highest BCUT2D eigenvalue weighted by atomic mass is 32.2. The van der Waals surface area contributed by atoms with E-state index < -0.39 is 51.8 Å². The van der Waals surface area contributed by atoms with Gasteiger partial charge >= 0.3 is 12.1 Å². The number of pyridine rings is 1. The van der Waals surface area contributed by atoms with Gasteiger partial charge in [-0.25, -0.2) is 13.4 Å². The number of carbonyl (C=O) groups is 2. The summed E-state index contributed by atoms with van der Waals surface area (Å²) in [6, 6.07) is 0.506. The average molecular weight is 355 g/mol. The second-order valence-corrected chi connectivity index (χ2v) is 6.07. The number of amides is 1. The first-order chi connectivity index (χ1) is 10.4. The molecule has 128 valence electrons. The van der Waals surface area contributed by atoms with Crippen LogP contribution in [0.5, 0.6) is 0 Å². The Hall–Kier alpha value is -2.37. The molecule has 2 N–H and O–H groups in total. The largest absolute Gasteiger partial charge is 0.456 e. The summed E-state index contributed by atoms with van der Waals surface area (Å²) < 4.78 is 66.6. The second-order valence-electron chi connectivity index (χ2n) is 4.32. The van der Waals surface area contributed by atoms with Crippen molar-refractivity contribution in [2.45, 2.75) is 13.1 Å². The number of sulfonamides is 1. The molecule has 1 heterocycles. The molecule has 12 heteroatoms. The Bertz CT molecular complexity index is 718. The summed E-state index contributed by atoms with van der Waals surface area (Å²) >= 11 is 0. The third-order valence-electron chi connectivity index (χ3n) is 2.18. The van der Waals surface area contributed by atoms with Crippen LogP contribution in [0.1, 0.15) is 12.5 Å². The van der Waals surface area contributed by atoms with Crippen molar-refractivity contribution in [1.82, 2.24) is 4.98 Å². The van der Waals surface area contributed by atoms with E-state index >= 15 is 0 Å². The zero-order valence-electron chi connectivity index (χ0n) is 11.9. The number of hydrogen-bond donors (Lipinski definition) is 2. The van der Waals surface area contributed by atoms with Crippen LogP contribution in [0.2, 0.25) is 0 Å². The smallest absolute Gasteiger partial charge is 0.417 e. The minimum Gasteiger partial charge on any atom is -0.456 e. The lowest BCUT2D eigenvalue weighted by atomic mass is 10.2. The summed E-state index contributed by atoms with van der Waals surface area (Å²) in [6.07, 6.45) is -3.57. The Morgan fingerprint density at radius 1 is 1.35 bits per heavy atom. The van der Waals surface area contributed by atoms with Crippen molar-refractivity contribution in [2.75, 3.05) is 22.9 Å². The van der Waals surface area contributed by atoms with Crippen molar-refractivity contribution >= 4 is 33.4 Å². The lowest BCUT2D eigenvalue weighted by molar-refractivity contribution is -0.144. The van der Waals surface area contributed by atoms with Crippen molar-refractivity contribution in [1.29, 1.82) is 0 Å². The van der Waals surface area contributed by atoms with Crippen LogP contribution in [0.15, 0.2) is 12.3 Å². The number of rotatable bonds is 5. The normalized spacial score (nSPS) is 11.7. The maximum atomic E-state index is 12.7. The molecule has 0 saturated heterocycles. The SMILES string of the molecule is CC(=O)OCC(=O)Nc1cc(C(F)(F)F)cnc1NS(C)(=O)=O. The van der Waals surface area contributed by atoms with Gasteiger partial charge < -0.3 is 10.1 Å². The number of nitrogens with zero attached hydrogens (tertiary/aromatic N) is 1. The molecule has 0 aromatic carbocycles.